The lowest BCUT2D eigenvalue weighted by atomic mass is 10.2. The Morgan fingerprint density at radius 2 is 1.83 bits per heavy atom. The highest BCUT2D eigenvalue weighted by Gasteiger charge is 2.07. The lowest BCUT2D eigenvalue weighted by Crippen LogP contribution is -2.17. The fourth-order valence-corrected chi connectivity index (χ4v) is 1.92. The quantitative estimate of drug-likeness (QED) is 0.838. The van der Waals surface area contributed by atoms with Gasteiger partial charge >= 0.3 is 0 Å². The fourth-order valence-electron chi connectivity index (χ4n) is 1.92. The van der Waals surface area contributed by atoms with E-state index in [0.717, 1.165) is 23.7 Å². The monoisotopic (exact) mass is 242 g/mol. The molecule has 0 heterocycles. The van der Waals surface area contributed by atoms with Gasteiger partial charge in [-0.2, -0.15) is 0 Å². The molecule has 3 nitrogen and oxygen atoms in total. The number of nitrogens with zero attached hydrogens (tertiary/aromatic N) is 1. The summed E-state index contributed by atoms with van der Waals surface area (Å²) in [6, 6.07) is 16.0. The first kappa shape index (κ1) is 12.3. The third-order valence-corrected chi connectivity index (χ3v) is 2.91. The Balaban J connectivity index is 2.20. The second-order valence-corrected chi connectivity index (χ2v) is 4.27. The predicted octanol–water partition coefficient (Wildman–Crippen LogP) is 2.91. The average Bonchev–Trinajstić information content (AvgIpc) is 2.40. The summed E-state index contributed by atoms with van der Waals surface area (Å²) in [6.07, 6.45) is 0. The van der Waals surface area contributed by atoms with Gasteiger partial charge in [0.15, 0.2) is 0 Å². The Bertz CT molecular complexity index is 511. The summed E-state index contributed by atoms with van der Waals surface area (Å²) in [7, 11) is 3.69. The van der Waals surface area contributed by atoms with Crippen LogP contribution >= 0.6 is 0 Å². The molecule has 2 aromatic rings. The second kappa shape index (κ2) is 5.45. The van der Waals surface area contributed by atoms with Crippen molar-refractivity contribution in [1.29, 1.82) is 0 Å². The molecular weight excluding hydrogens is 224 g/mol. The molecule has 0 aliphatic heterocycles. The van der Waals surface area contributed by atoms with Gasteiger partial charge in [-0.15, -0.1) is 0 Å². The molecule has 18 heavy (non-hydrogen) atoms. The van der Waals surface area contributed by atoms with E-state index in [1.165, 1.54) is 5.56 Å². The van der Waals surface area contributed by atoms with E-state index in [4.69, 9.17) is 10.5 Å². The van der Waals surface area contributed by atoms with Crippen molar-refractivity contribution in [2.45, 2.75) is 6.54 Å². The number of benzene rings is 2. The SMILES string of the molecule is COc1ccc(N)c(N(C)Cc2ccccc2)c1. The topological polar surface area (TPSA) is 38.5 Å². The summed E-state index contributed by atoms with van der Waals surface area (Å²) in [4.78, 5) is 2.12. The van der Waals surface area contributed by atoms with Crippen LogP contribution in [0, 0.1) is 0 Å². The molecule has 2 rings (SSSR count). The summed E-state index contributed by atoms with van der Waals surface area (Å²) in [5.74, 6) is 0.819. The van der Waals surface area contributed by atoms with Gasteiger partial charge in [-0.25, -0.2) is 0 Å². The van der Waals surface area contributed by atoms with E-state index in [1.54, 1.807) is 7.11 Å². The molecule has 2 aromatic carbocycles. The molecule has 0 radical (unpaired) electrons. The normalized spacial score (nSPS) is 10.1. The largest absolute Gasteiger partial charge is 0.497 e. The van der Waals surface area contributed by atoms with E-state index < -0.39 is 0 Å². The molecule has 0 aliphatic rings. The molecule has 0 fully saturated rings. The highest BCUT2D eigenvalue weighted by atomic mass is 16.5. The minimum atomic E-state index is 0.759. The molecule has 0 amide bonds. The minimum absolute atomic E-state index is 0.759. The van der Waals surface area contributed by atoms with E-state index in [1.807, 2.05) is 43.4 Å². The van der Waals surface area contributed by atoms with Crippen molar-refractivity contribution < 1.29 is 4.74 Å². The van der Waals surface area contributed by atoms with Crippen LogP contribution in [0.3, 0.4) is 0 Å². The number of nitrogen functional groups attached to an aromatic ring is 1. The summed E-state index contributed by atoms with van der Waals surface area (Å²) in [5, 5.41) is 0. The Morgan fingerprint density at radius 3 is 2.50 bits per heavy atom. The molecular formula is C15H18N2O. The van der Waals surface area contributed by atoms with Gasteiger partial charge in [0.25, 0.3) is 0 Å². The maximum atomic E-state index is 6.00. The van der Waals surface area contributed by atoms with Crippen LogP contribution in [0.15, 0.2) is 48.5 Å². The van der Waals surface area contributed by atoms with Crippen molar-refractivity contribution in [3.05, 3.63) is 54.1 Å². The Kier molecular flexibility index (Phi) is 3.72. The van der Waals surface area contributed by atoms with Gasteiger partial charge in [-0.1, -0.05) is 30.3 Å². The molecule has 2 N–H and O–H groups in total. The maximum absolute atomic E-state index is 6.00. The highest BCUT2D eigenvalue weighted by molar-refractivity contribution is 5.69. The molecule has 0 unspecified atom stereocenters. The summed E-state index contributed by atoms with van der Waals surface area (Å²) in [6.45, 7) is 0.818. The van der Waals surface area contributed by atoms with Crippen molar-refractivity contribution in [2.75, 3.05) is 24.8 Å². The van der Waals surface area contributed by atoms with Gasteiger partial charge in [-0.3, -0.25) is 0 Å². The van der Waals surface area contributed by atoms with Gasteiger partial charge in [0.1, 0.15) is 5.75 Å². The van der Waals surface area contributed by atoms with Crippen molar-refractivity contribution in [3.63, 3.8) is 0 Å². The number of rotatable bonds is 4. The molecule has 0 saturated carbocycles. The van der Waals surface area contributed by atoms with Crippen LogP contribution in [0.4, 0.5) is 11.4 Å². The standard InChI is InChI=1S/C15H18N2O/c1-17(11-12-6-4-3-5-7-12)15-10-13(18-2)8-9-14(15)16/h3-10H,11,16H2,1-2H3. The first-order valence-corrected chi connectivity index (χ1v) is 5.89. The fraction of sp³-hybridized carbons (Fsp3) is 0.200. The van der Waals surface area contributed by atoms with Gasteiger partial charge in [0.2, 0.25) is 0 Å². The van der Waals surface area contributed by atoms with E-state index in [0.29, 0.717) is 0 Å². The molecule has 94 valence electrons. The summed E-state index contributed by atoms with van der Waals surface area (Å²) < 4.78 is 5.23. The molecule has 3 heteroatoms. The minimum Gasteiger partial charge on any atom is -0.497 e. The van der Waals surface area contributed by atoms with Crippen LogP contribution in [0.2, 0.25) is 0 Å². The average molecular weight is 242 g/mol. The van der Waals surface area contributed by atoms with E-state index in [9.17, 15) is 0 Å². The molecule has 0 spiro atoms. The lowest BCUT2D eigenvalue weighted by molar-refractivity contribution is 0.415. The van der Waals surface area contributed by atoms with E-state index in [2.05, 4.69) is 17.0 Å². The molecule has 0 atom stereocenters. The zero-order valence-electron chi connectivity index (χ0n) is 10.8. The Labute approximate surface area is 108 Å². The predicted molar refractivity (Wildman–Crippen MR) is 76.0 cm³/mol. The van der Waals surface area contributed by atoms with Crippen molar-refractivity contribution >= 4 is 11.4 Å². The van der Waals surface area contributed by atoms with Gasteiger partial charge in [0.05, 0.1) is 18.5 Å². The van der Waals surface area contributed by atoms with Crippen LogP contribution in [0.1, 0.15) is 5.56 Å². The number of ether oxygens (including phenoxy) is 1. The first-order chi connectivity index (χ1) is 8.70. The van der Waals surface area contributed by atoms with Crippen LogP contribution in [-0.4, -0.2) is 14.2 Å². The maximum Gasteiger partial charge on any atom is 0.121 e. The van der Waals surface area contributed by atoms with Crippen molar-refractivity contribution in [2.24, 2.45) is 0 Å². The lowest BCUT2D eigenvalue weighted by Gasteiger charge is -2.21. The van der Waals surface area contributed by atoms with E-state index in [-0.39, 0.29) is 0 Å². The van der Waals surface area contributed by atoms with Crippen molar-refractivity contribution in [1.82, 2.24) is 0 Å². The summed E-state index contributed by atoms with van der Waals surface area (Å²) >= 11 is 0. The van der Waals surface area contributed by atoms with Crippen LogP contribution in [0.25, 0.3) is 0 Å². The van der Waals surface area contributed by atoms with Crippen LogP contribution in [-0.2, 0) is 6.54 Å². The zero-order valence-corrected chi connectivity index (χ0v) is 10.8. The van der Waals surface area contributed by atoms with Gasteiger partial charge in [0, 0.05) is 19.7 Å². The third kappa shape index (κ3) is 2.74. The van der Waals surface area contributed by atoms with Crippen LogP contribution in [0.5, 0.6) is 5.75 Å². The molecule has 0 saturated heterocycles. The Hall–Kier alpha value is -2.16. The first-order valence-electron chi connectivity index (χ1n) is 5.89. The van der Waals surface area contributed by atoms with Crippen molar-refractivity contribution in [3.8, 4) is 5.75 Å². The summed E-state index contributed by atoms with van der Waals surface area (Å²) in [5.41, 5.74) is 9.00. The molecule has 0 aliphatic carbocycles. The zero-order chi connectivity index (χ0) is 13.0. The number of hydrogen-bond acceptors (Lipinski definition) is 3. The number of anilines is 2. The molecule has 0 aromatic heterocycles. The Morgan fingerprint density at radius 1 is 1.11 bits per heavy atom. The van der Waals surface area contributed by atoms with E-state index >= 15 is 0 Å². The van der Waals surface area contributed by atoms with Crippen LogP contribution < -0.4 is 15.4 Å². The van der Waals surface area contributed by atoms with Gasteiger partial charge in [-0.05, 0) is 17.7 Å². The number of nitrogens with two attached hydrogens (primary N) is 1. The van der Waals surface area contributed by atoms with Gasteiger partial charge < -0.3 is 15.4 Å². The second-order valence-electron chi connectivity index (χ2n) is 4.27. The number of hydrogen-bond donors (Lipinski definition) is 1. The smallest absolute Gasteiger partial charge is 0.121 e. The third-order valence-electron chi connectivity index (χ3n) is 2.91. The highest BCUT2D eigenvalue weighted by Crippen LogP contribution is 2.28. The number of methoxy groups -OCH3 is 1. The molecule has 0 bridgehead atoms.